The average molecular weight is 258 g/mol. The number of amides is 2. The van der Waals surface area contributed by atoms with Crippen LogP contribution < -0.4 is 5.32 Å². The van der Waals surface area contributed by atoms with Crippen molar-refractivity contribution < 1.29 is 9.59 Å². The summed E-state index contributed by atoms with van der Waals surface area (Å²) in [6.45, 7) is 0.585. The fourth-order valence-corrected chi connectivity index (χ4v) is 2.72. The molecule has 1 heterocycles. The van der Waals surface area contributed by atoms with E-state index in [1.807, 2.05) is 35.2 Å². The van der Waals surface area contributed by atoms with E-state index in [1.165, 1.54) is 6.42 Å². The maximum atomic E-state index is 12.1. The maximum absolute atomic E-state index is 12.1. The summed E-state index contributed by atoms with van der Waals surface area (Å²) >= 11 is 0. The van der Waals surface area contributed by atoms with E-state index in [1.54, 1.807) is 0 Å². The highest BCUT2D eigenvalue weighted by Crippen LogP contribution is 2.31. The molecule has 1 aromatic rings. The van der Waals surface area contributed by atoms with Crippen molar-refractivity contribution >= 4 is 17.5 Å². The third kappa shape index (κ3) is 2.48. The second kappa shape index (κ2) is 5.03. The molecular weight excluding hydrogens is 240 g/mol. The summed E-state index contributed by atoms with van der Waals surface area (Å²) in [5.74, 6) is -0.104. The van der Waals surface area contributed by atoms with Gasteiger partial charge in [-0.15, -0.1) is 0 Å². The molecule has 1 saturated heterocycles. The van der Waals surface area contributed by atoms with E-state index in [2.05, 4.69) is 5.32 Å². The Balaban J connectivity index is 1.60. The minimum absolute atomic E-state index is 0.0404. The molecular formula is C15H18N2O2. The maximum Gasteiger partial charge on any atom is 0.229 e. The predicted molar refractivity (Wildman–Crippen MR) is 72.5 cm³/mol. The first-order valence-electron chi connectivity index (χ1n) is 6.89. The molecule has 1 N–H and O–H groups in total. The lowest BCUT2D eigenvalue weighted by Crippen LogP contribution is -2.41. The predicted octanol–water partition coefficient (Wildman–Crippen LogP) is 2.03. The number of carbonyl (C=O) groups excluding carboxylic acids is 2. The Labute approximate surface area is 112 Å². The molecule has 2 aliphatic rings. The largest absolute Gasteiger partial charge is 0.339 e. The second-order valence-electron chi connectivity index (χ2n) is 5.39. The van der Waals surface area contributed by atoms with Gasteiger partial charge in [-0.3, -0.25) is 9.59 Å². The van der Waals surface area contributed by atoms with Crippen LogP contribution in [0.15, 0.2) is 30.3 Å². The standard InChI is InChI=1S/C15H18N2O2/c18-14-9-11(10-17(14)13-7-4-8-13)15(19)16-12-5-2-1-3-6-12/h1-3,5-6,11,13H,4,7-10H2,(H,16,19). The number of carbonyl (C=O) groups is 2. The van der Waals surface area contributed by atoms with E-state index in [0.29, 0.717) is 19.0 Å². The van der Waals surface area contributed by atoms with Crippen molar-refractivity contribution in [2.24, 2.45) is 5.92 Å². The number of rotatable bonds is 3. The second-order valence-corrected chi connectivity index (χ2v) is 5.39. The number of benzene rings is 1. The minimum Gasteiger partial charge on any atom is -0.339 e. The van der Waals surface area contributed by atoms with E-state index < -0.39 is 0 Å². The molecule has 0 spiro atoms. The lowest BCUT2D eigenvalue weighted by molar-refractivity contribution is -0.131. The van der Waals surface area contributed by atoms with Crippen molar-refractivity contribution in [3.63, 3.8) is 0 Å². The van der Waals surface area contributed by atoms with Crippen LogP contribution in [-0.2, 0) is 9.59 Å². The number of hydrogen-bond acceptors (Lipinski definition) is 2. The van der Waals surface area contributed by atoms with Crippen LogP contribution >= 0.6 is 0 Å². The summed E-state index contributed by atoms with van der Waals surface area (Å²) in [5.41, 5.74) is 0.794. The normalized spacial score (nSPS) is 23.3. The summed E-state index contributed by atoms with van der Waals surface area (Å²) in [5, 5.41) is 2.88. The minimum atomic E-state index is -0.201. The third-order valence-corrected chi connectivity index (χ3v) is 4.09. The molecule has 1 unspecified atom stereocenters. The van der Waals surface area contributed by atoms with E-state index in [-0.39, 0.29) is 17.7 Å². The molecule has 1 aliphatic heterocycles. The average Bonchev–Trinajstić information content (AvgIpc) is 2.71. The molecule has 19 heavy (non-hydrogen) atoms. The topological polar surface area (TPSA) is 49.4 Å². The number of para-hydroxylation sites is 1. The third-order valence-electron chi connectivity index (χ3n) is 4.09. The monoisotopic (exact) mass is 258 g/mol. The van der Waals surface area contributed by atoms with E-state index in [0.717, 1.165) is 18.5 Å². The lowest BCUT2D eigenvalue weighted by atomic mass is 9.92. The molecule has 1 saturated carbocycles. The van der Waals surface area contributed by atoms with Gasteiger partial charge in [0.25, 0.3) is 0 Å². The van der Waals surface area contributed by atoms with Gasteiger partial charge in [-0.1, -0.05) is 18.2 Å². The smallest absolute Gasteiger partial charge is 0.229 e. The molecule has 0 aromatic heterocycles. The van der Waals surface area contributed by atoms with Crippen LogP contribution in [0, 0.1) is 5.92 Å². The molecule has 2 fully saturated rings. The van der Waals surface area contributed by atoms with Crippen molar-refractivity contribution in [2.45, 2.75) is 31.7 Å². The molecule has 4 nitrogen and oxygen atoms in total. The molecule has 0 radical (unpaired) electrons. The van der Waals surface area contributed by atoms with Gasteiger partial charge in [-0.05, 0) is 31.4 Å². The van der Waals surface area contributed by atoms with Gasteiger partial charge in [-0.2, -0.15) is 0 Å². The first-order chi connectivity index (χ1) is 9.24. The highest BCUT2D eigenvalue weighted by molar-refractivity contribution is 5.97. The van der Waals surface area contributed by atoms with Gasteiger partial charge < -0.3 is 10.2 Å². The number of hydrogen-bond donors (Lipinski definition) is 1. The van der Waals surface area contributed by atoms with E-state index in [4.69, 9.17) is 0 Å². The summed E-state index contributed by atoms with van der Waals surface area (Å²) in [6.07, 6.45) is 3.75. The Morgan fingerprint density at radius 1 is 1.21 bits per heavy atom. The number of nitrogens with one attached hydrogen (secondary N) is 1. The van der Waals surface area contributed by atoms with Gasteiger partial charge in [0, 0.05) is 24.7 Å². The van der Waals surface area contributed by atoms with Crippen molar-refractivity contribution in [1.29, 1.82) is 0 Å². The molecule has 100 valence electrons. The Kier molecular flexibility index (Phi) is 3.23. The highest BCUT2D eigenvalue weighted by Gasteiger charge is 2.39. The van der Waals surface area contributed by atoms with Crippen molar-refractivity contribution in [2.75, 3.05) is 11.9 Å². The molecule has 1 aliphatic carbocycles. The van der Waals surface area contributed by atoms with E-state index >= 15 is 0 Å². The zero-order valence-electron chi connectivity index (χ0n) is 10.8. The van der Waals surface area contributed by atoms with Crippen LogP contribution in [0.25, 0.3) is 0 Å². The Bertz CT molecular complexity index is 482. The highest BCUT2D eigenvalue weighted by atomic mass is 16.2. The quantitative estimate of drug-likeness (QED) is 0.901. The van der Waals surface area contributed by atoms with Crippen molar-refractivity contribution in [3.8, 4) is 0 Å². The van der Waals surface area contributed by atoms with Crippen LogP contribution in [0.3, 0.4) is 0 Å². The van der Waals surface area contributed by atoms with E-state index in [9.17, 15) is 9.59 Å². The summed E-state index contributed by atoms with van der Waals surface area (Å²) in [6, 6.07) is 9.79. The fraction of sp³-hybridized carbons (Fsp3) is 0.467. The summed E-state index contributed by atoms with van der Waals surface area (Å²) in [7, 11) is 0. The Morgan fingerprint density at radius 2 is 1.95 bits per heavy atom. The van der Waals surface area contributed by atoms with Crippen LogP contribution in [0.5, 0.6) is 0 Å². The van der Waals surface area contributed by atoms with Gasteiger partial charge >= 0.3 is 0 Å². The first kappa shape index (κ1) is 12.2. The Morgan fingerprint density at radius 3 is 2.58 bits per heavy atom. The number of likely N-dealkylation sites (tertiary alicyclic amines) is 1. The van der Waals surface area contributed by atoms with Gasteiger partial charge in [0.2, 0.25) is 11.8 Å². The molecule has 3 rings (SSSR count). The summed E-state index contributed by atoms with van der Waals surface area (Å²) < 4.78 is 0. The van der Waals surface area contributed by atoms with Gasteiger partial charge in [0.1, 0.15) is 0 Å². The first-order valence-corrected chi connectivity index (χ1v) is 6.89. The van der Waals surface area contributed by atoms with Crippen LogP contribution in [0.4, 0.5) is 5.69 Å². The van der Waals surface area contributed by atoms with Crippen LogP contribution in [0.1, 0.15) is 25.7 Å². The molecule has 4 heteroatoms. The van der Waals surface area contributed by atoms with Crippen LogP contribution in [0.2, 0.25) is 0 Å². The van der Waals surface area contributed by atoms with Crippen molar-refractivity contribution in [3.05, 3.63) is 30.3 Å². The SMILES string of the molecule is O=C(Nc1ccccc1)C1CC(=O)N(C2CCC2)C1. The Hall–Kier alpha value is -1.84. The number of nitrogens with zero attached hydrogens (tertiary/aromatic N) is 1. The number of anilines is 1. The van der Waals surface area contributed by atoms with Gasteiger partial charge in [0.05, 0.1) is 5.92 Å². The molecule has 2 amide bonds. The zero-order chi connectivity index (χ0) is 13.2. The van der Waals surface area contributed by atoms with Gasteiger partial charge in [0.15, 0.2) is 0 Å². The molecule has 1 atom stereocenters. The molecule has 1 aromatic carbocycles. The van der Waals surface area contributed by atoms with Crippen molar-refractivity contribution in [1.82, 2.24) is 4.90 Å². The van der Waals surface area contributed by atoms with Crippen LogP contribution in [-0.4, -0.2) is 29.3 Å². The summed E-state index contributed by atoms with van der Waals surface area (Å²) in [4.78, 5) is 26.0. The fourth-order valence-electron chi connectivity index (χ4n) is 2.72. The van der Waals surface area contributed by atoms with Gasteiger partial charge in [-0.25, -0.2) is 0 Å². The zero-order valence-corrected chi connectivity index (χ0v) is 10.8. The lowest BCUT2D eigenvalue weighted by Gasteiger charge is -2.34. The molecule has 0 bridgehead atoms.